The number of thiophene rings is 2. The Morgan fingerprint density at radius 2 is 1.09 bits per heavy atom. The zero-order chi connectivity index (χ0) is 55.5. The number of nitrogens with one attached hydrogen (secondary N) is 3. The number of pyridine rings is 2. The maximum Gasteiger partial charge on any atom is 0.259 e. The molecule has 80 heavy (non-hydrogen) atoms. The molecule has 424 valence electrons. The average Bonchev–Trinajstić information content (AvgIpc) is 4.37. The number of likely N-dealkylation sites (tertiary alicyclic amines) is 2. The number of aliphatic imine (C=N–C) groups is 2. The lowest BCUT2D eigenvalue weighted by Crippen LogP contribution is -2.34. The number of fused-ring (bicyclic) bond motifs is 4. The highest BCUT2D eigenvalue weighted by molar-refractivity contribution is 7.10. The van der Waals surface area contributed by atoms with E-state index in [4.69, 9.17) is 22.3 Å². The van der Waals surface area contributed by atoms with Crippen molar-refractivity contribution in [3.8, 4) is 0 Å². The van der Waals surface area contributed by atoms with Gasteiger partial charge in [-0.1, -0.05) is 25.4 Å². The number of nitrogens with zero attached hydrogens (tertiary/aromatic N) is 6. The third-order valence-electron chi connectivity index (χ3n) is 16.0. The molecule has 0 bridgehead atoms. The Balaban J connectivity index is 0.000000167. The van der Waals surface area contributed by atoms with Crippen LogP contribution in [0, 0.1) is 25.7 Å². The molecular formula is C62H76Cl2N10O4S2. The van der Waals surface area contributed by atoms with E-state index in [2.05, 4.69) is 93.7 Å². The maximum absolute atomic E-state index is 13.3. The molecule has 6 aliphatic heterocycles. The van der Waals surface area contributed by atoms with Gasteiger partial charge in [-0.2, -0.15) is 0 Å². The number of amides is 2. The molecular weight excluding hydrogens is 1080 g/mol. The minimum absolute atomic E-state index is 0. The summed E-state index contributed by atoms with van der Waals surface area (Å²) < 4.78 is 0. The number of carbonyl (C=O) groups excluding carboxylic acids is 2. The lowest BCUT2D eigenvalue weighted by Gasteiger charge is -2.24. The zero-order valence-electron chi connectivity index (χ0n) is 47.0. The topological polar surface area (TPSA) is 176 Å². The molecule has 2 saturated heterocycles. The van der Waals surface area contributed by atoms with Crippen molar-refractivity contribution in [2.45, 2.75) is 118 Å². The summed E-state index contributed by atoms with van der Waals surface area (Å²) in [5, 5.41) is 8.20. The lowest BCUT2D eigenvalue weighted by atomic mass is 10.00. The van der Waals surface area contributed by atoms with Gasteiger partial charge in [0.05, 0.1) is 44.6 Å². The fourth-order valence-corrected chi connectivity index (χ4v) is 14.5. The number of H-pyrrole nitrogens is 2. The lowest BCUT2D eigenvalue weighted by molar-refractivity contribution is 0.0738. The molecule has 0 aliphatic carbocycles. The van der Waals surface area contributed by atoms with E-state index in [0.29, 0.717) is 59.6 Å². The molecule has 4 aromatic heterocycles. The van der Waals surface area contributed by atoms with Crippen LogP contribution >= 0.6 is 46.7 Å². The van der Waals surface area contributed by atoms with Gasteiger partial charge in [0.2, 0.25) is 0 Å². The number of anilines is 1. The second-order valence-corrected chi connectivity index (χ2v) is 25.4. The Bertz CT molecular complexity index is 3400. The molecule has 2 aromatic carbocycles. The number of hydrogen-bond donors (Lipinski definition) is 4. The van der Waals surface area contributed by atoms with Crippen LogP contribution in [0.25, 0.3) is 0 Å². The fraction of sp³-hybridized carbons (Fsp3) is 0.452. The van der Waals surface area contributed by atoms with Crippen molar-refractivity contribution in [1.82, 2.24) is 29.6 Å². The molecule has 2 unspecified atom stereocenters. The van der Waals surface area contributed by atoms with E-state index >= 15 is 0 Å². The van der Waals surface area contributed by atoms with Gasteiger partial charge in [-0.3, -0.25) is 29.2 Å². The van der Waals surface area contributed by atoms with Crippen LogP contribution in [0.15, 0.2) is 91.3 Å². The van der Waals surface area contributed by atoms with Gasteiger partial charge in [-0.15, -0.1) is 35.1 Å². The van der Waals surface area contributed by atoms with E-state index in [9.17, 15) is 19.2 Å². The summed E-state index contributed by atoms with van der Waals surface area (Å²) >= 11 is 9.81. The molecule has 2 fully saturated rings. The number of rotatable bonds is 16. The van der Waals surface area contributed by atoms with Crippen LogP contribution < -0.4 is 22.2 Å². The van der Waals surface area contributed by atoms with Gasteiger partial charge in [0.15, 0.2) is 0 Å². The first kappa shape index (κ1) is 58.9. The van der Waals surface area contributed by atoms with E-state index in [1.807, 2.05) is 41.0 Å². The van der Waals surface area contributed by atoms with Crippen molar-refractivity contribution in [1.29, 1.82) is 0 Å². The Morgan fingerprint density at radius 3 is 1.55 bits per heavy atom. The largest absolute Gasteiger partial charge is 0.381 e. The number of nitrogens with two attached hydrogens (primary N) is 1. The number of carbonyl (C=O) groups is 2. The first-order valence-corrected chi connectivity index (χ1v) is 30.4. The summed E-state index contributed by atoms with van der Waals surface area (Å²) in [6.07, 6.45) is 11.3. The Labute approximate surface area is 489 Å². The first-order chi connectivity index (χ1) is 38.0. The first-order valence-electron chi connectivity index (χ1n) is 28.2. The number of hydrogen-bond acceptors (Lipinski definition) is 12. The van der Waals surface area contributed by atoms with Crippen molar-refractivity contribution < 1.29 is 9.59 Å². The van der Waals surface area contributed by atoms with Crippen molar-refractivity contribution in [3.05, 3.63) is 163 Å². The average molecular weight is 1160 g/mol. The number of aryl methyl sites for hydroxylation is 2. The Morgan fingerprint density at radius 1 is 0.625 bits per heavy atom. The number of aromatic nitrogens is 2. The molecule has 18 heteroatoms. The molecule has 0 spiro atoms. The van der Waals surface area contributed by atoms with E-state index in [1.165, 1.54) is 78.9 Å². The van der Waals surface area contributed by atoms with Crippen LogP contribution in [0.3, 0.4) is 0 Å². The van der Waals surface area contributed by atoms with Crippen molar-refractivity contribution in [3.63, 3.8) is 0 Å². The van der Waals surface area contributed by atoms with Crippen LogP contribution in [0.2, 0.25) is 5.02 Å². The van der Waals surface area contributed by atoms with E-state index in [0.717, 1.165) is 95.2 Å². The molecule has 5 N–H and O–H groups in total. The standard InChI is InChI=1S/C31H37N5O2S.C23H25ClN4O2.C8H13NS.ClH/c1-19(16-35-9-4-5-10-35)17-36-18-23-15-26-22(13-24(23)31(36)38)14-27(34-26)29-25(6-8-32-30(29)37)33-21(3)12-28-20(2)7-11-39-28;1-14(11-27-6-2-3-7-27)12-28-13-16-10-19-15(8-17(16)23(28)30)9-20(26-19)21-18(24)4-5-25-22(21)29;1-6-3-4-10-8(6)5-7(2)9;/h6-8,11,13,15,19,21H,4-5,9-10,12,14,16-18H2,1-3H3,(H2,32,33,37);4-5,8,10,14H,2-3,6-7,9,11-13H2,1H3,(H,25,29);3-4,7H,5,9H2,1-2H3;1H/t19?,21-;;7-;/m0.0./s1. The van der Waals surface area contributed by atoms with Crippen LogP contribution in [0.5, 0.6) is 0 Å². The highest BCUT2D eigenvalue weighted by Crippen LogP contribution is 2.38. The predicted octanol–water partition coefficient (Wildman–Crippen LogP) is 10.9. The monoisotopic (exact) mass is 1160 g/mol. The van der Waals surface area contributed by atoms with E-state index < -0.39 is 0 Å². The van der Waals surface area contributed by atoms with Crippen LogP contribution in [0.4, 0.5) is 17.1 Å². The van der Waals surface area contributed by atoms with Gasteiger partial charge >= 0.3 is 0 Å². The SMILES string of the molecule is CC(CN1CCCC1)CN1Cc2cc3c(cc2C1=O)CC(c1c(Cl)cc[nH]c1=O)=N3.Cc1ccsc1C[C@H](C)N.Cc1ccsc1C[C@H](C)Nc1cc[nH]c(=O)c1C1=Nc2cc3c(cc2C1)C(=O)N(CC(C)CN1CCCC1)C3.Cl. The van der Waals surface area contributed by atoms with Gasteiger partial charge in [-0.25, -0.2) is 0 Å². The molecule has 0 radical (unpaired) electrons. The summed E-state index contributed by atoms with van der Waals surface area (Å²) in [6, 6.07) is 16.4. The van der Waals surface area contributed by atoms with Crippen molar-refractivity contribution in [2.75, 3.05) is 57.7 Å². The minimum Gasteiger partial charge on any atom is -0.381 e. The number of aromatic amines is 2. The van der Waals surface area contributed by atoms with Gasteiger partial charge in [0, 0.05) is 104 Å². The molecule has 12 rings (SSSR count). The molecule has 4 atom stereocenters. The highest BCUT2D eigenvalue weighted by atomic mass is 35.5. The molecule has 14 nitrogen and oxygen atoms in total. The van der Waals surface area contributed by atoms with Crippen LogP contribution in [0.1, 0.15) is 128 Å². The van der Waals surface area contributed by atoms with E-state index in [1.54, 1.807) is 34.9 Å². The molecule has 6 aliphatic rings. The van der Waals surface area contributed by atoms with Crippen molar-refractivity contribution in [2.24, 2.45) is 27.6 Å². The summed E-state index contributed by atoms with van der Waals surface area (Å²) in [4.78, 5) is 78.4. The smallest absolute Gasteiger partial charge is 0.259 e. The van der Waals surface area contributed by atoms with E-state index in [-0.39, 0.29) is 47.4 Å². The molecule has 0 saturated carbocycles. The second kappa shape index (κ2) is 26.0. The van der Waals surface area contributed by atoms with Gasteiger partial charge in [0.1, 0.15) is 0 Å². The fourth-order valence-electron chi connectivity index (χ4n) is 12.1. The minimum atomic E-state index is -0.240. The normalized spacial score (nSPS) is 17.8. The van der Waals surface area contributed by atoms with Crippen LogP contribution in [-0.4, -0.2) is 117 Å². The van der Waals surface area contributed by atoms with Gasteiger partial charge in [-0.05, 0) is 190 Å². The highest BCUT2D eigenvalue weighted by Gasteiger charge is 2.34. The third kappa shape index (κ3) is 13.6. The summed E-state index contributed by atoms with van der Waals surface area (Å²) in [5.74, 6) is 1.11. The summed E-state index contributed by atoms with van der Waals surface area (Å²) in [6.45, 7) is 22.6. The third-order valence-corrected chi connectivity index (χ3v) is 18.4. The molecule has 10 heterocycles. The maximum atomic E-state index is 13.3. The van der Waals surface area contributed by atoms with Gasteiger partial charge in [0.25, 0.3) is 22.9 Å². The Hall–Kier alpha value is -5.72. The molecule has 2 amide bonds. The number of halogens is 2. The summed E-state index contributed by atoms with van der Waals surface area (Å²) in [7, 11) is 0. The number of benzene rings is 2. The van der Waals surface area contributed by atoms with Crippen molar-refractivity contribution >= 4 is 87.0 Å². The Kier molecular flexibility index (Phi) is 19.2. The van der Waals surface area contributed by atoms with Gasteiger partial charge < -0.3 is 40.6 Å². The second-order valence-electron chi connectivity index (χ2n) is 23.0. The van der Waals surface area contributed by atoms with Crippen LogP contribution in [-0.2, 0) is 38.8 Å². The zero-order valence-corrected chi connectivity index (χ0v) is 50.2. The predicted molar refractivity (Wildman–Crippen MR) is 330 cm³/mol. The molecule has 6 aromatic rings. The quantitative estimate of drug-likeness (QED) is 0.0740. The summed E-state index contributed by atoms with van der Waals surface area (Å²) in [5.41, 5.74) is 18.5.